The van der Waals surface area contributed by atoms with Gasteiger partial charge in [0.1, 0.15) is 18.4 Å². The number of carbonyl (C=O) groups is 2. The van der Waals surface area contributed by atoms with Crippen LogP contribution in [-0.2, 0) is 26.2 Å². The molecule has 3 rings (SSSR count). The second kappa shape index (κ2) is 13.0. The van der Waals surface area contributed by atoms with Gasteiger partial charge in [-0.2, -0.15) is 0 Å². The first-order valence-corrected chi connectivity index (χ1v) is 14.4. The number of sulfonamides is 1. The van der Waals surface area contributed by atoms with E-state index in [1.807, 2.05) is 13.8 Å². The van der Waals surface area contributed by atoms with Gasteiger partial charge >= 0.3 is 0 Å². The predicted octanol–water partition coefficient (Wildman–Crippen LogP) is 5.12. The van der Waals surface area contributed by atoms with E-state index >= 15 is 0 Å². The van der Waals surface area contributed by atoms with Crippen LogP contribution < -0.4 is 9.62 Å². The maximum Gasteiger partial charge on any atom is 0.264 e. The average molecular weight is 605 g/mol. The zero-order valence-corrected chi connectivity index (χ0v) is 23.9. The molecule has 0 spiro atoms. The Kier molecular flexibility index (Phi) is 10.0. The van der Waals surface area contributed by atoms with Crippen molar-refractivity contribution >= 4 is 43.5 Å². The molecule has 3 aromatic carbocycles. The molecule has 0 aliphatic heterocycles. The summed E-state index contributed by atoms with van der Waals surface area (Å²) in [6.45, 7) is 4.83. The van der Waals surface area contributed by atoms with Crippen LogP contribution in [0.4, 0.5) is 10.1 Å². The number of nitrogens with one attached hydrogen (secondary N) is 1. The van der Waals surface area contributed by atoms with Crippen LogP contribution in [0.25, 0.3) is 0 Å². The first kappa shape index (κ1) is 29.3. The monoisotopic (exact) mass is 603 g/mol. The van der Waals surface area contributed by atoms with Crippen LogP contribution in [0.15, 0.2) is 88.2 Å². The highest BCUT2D eigenvalue weighted by Crippen LogP contribution is 2.27. The number of carbonyl (C=O) groups excluding carboxylic acids is 2. The number of amides is 2. The summed E-state index contributed by atoms with van der Waals surface area (Å²) in [4.78, 5) is 28.2. The van der Waals surface area contributed by atoms with Crippen molar-refractivity contribution in [2.75, 3.05) is 10.8 Å². The van der Waals surface area contributed by atoms with Gasteiger partial charge in [-0.1, -0.05) is 59.3 Å². The number of hydrogen-bond acceptors (Lipinski definition) is 4. The van der Waals surface area contributed by atoms with Crippen molar-refractivity contribution in [2.24, 2.45) is 0 Å². The van der Waals surface area contributed by atoms with Crippen LogP contribution in [0.1, 0.15) is 32.8 Å². The van der Waals surface area contributed by atoms with E-state index in [4.69, 9.17) is 0 Å². The number of anilines is 1. The van der Waals surface area contributed by atoms with Crippen LogP contribution in [-0.4, -0.2) is 43.8 Å². The van der Waals surface area contributed by atoms with Gasteiger partial charge in [-0.3, -0.25) is 13.9 Å². The lowest BCUT2D eigenvalue weighted by molar-refractivity contribution is -0.139. The minimum Gasteiger partial charge on any atom is -0.352 e. The Morgan fingerprint density at radius 3 is 2.24 bits per heavy atom. The Bertz CT molecular complexity index is 1350. The molecule has 1 N–H and O–H groups in total. The van der Waals surface area contributed by atoms with Gasteiger partial charge in [0.05, 0.1) is 10.6 Å². The molecule has 0 saturated carbocycles. The maximum absolute atomic E-state index is 13.8. The molecule has 10 heteroatoms. The number of rotatable bonds is 11. The fraction of sp³-hybridized carbons (Fsp3) is 0.286. The van der Waals surface area contributed by atoms with Crippen molar-refractivity contribution in [2.45, 2.75) is 50.7 Å². The summed E-state index contributed by atoms with van der Waals surface area (Å²) < 4.78 is 42.6. The standard InChI is InChI=1S/C28H31BrFN3O4S/c1-4-20(2)31-28(35)21(3)32(18-22-13-15-24(30)16-14-22)27(34)19-33(25-10-8-9-23(29)17-25)38(36,37)26-11-6-5-7-12-26/h5-17,20-21H,4,18-19H2,1-3H3,(H,31,35)/t20-,21-/m0/s1. The van der Waals surface area contributed by atoms with Crippen LogP contribution in [0.2, 0.25) is 0 Å². The topological polar surface area (TPSA) is 86.8 Å². The van der Waals surface area contributed by atoms with E-state index in [1.165, 1.54) is 41.3 Å². The summed E-state index contributed by atoms with van der Waals surface area (Å²) in [6.07, 6.45) is 0.705. The van der Waals surface area contributed by atoms with Gasteiger partial charge in [-0.25, -0.2) is 12.8 Å². The molecule has 3 aromatic rings. The summed E-state index contributed by atoms with van der Waals surface area (Å²) in [5, 5.41) is 2.88. The third kappa shape index (κ3) is 7.41. The zero-order chi connectivity index (χ0) is 27.9. The molecule has 7 nitrogen and oxygen atoms in total. The summed E-state index contributed by atoms with van der Waals surface area (Å²) in [7, 11) is -4.13. The smallest absolute Gasteiger partial charge is 0.264 e. The van der Waals surface area contributed by atoms with E-state index in [1.54, 1.807) is 49.4 Å². The lowest BCUT2D eigenvalue weighted by atomic mass is 10.1. The molecular weight excluding hydrogens is 573 g/mol. The highest BCUT2D eigenvalue weighted by molar-refractivity contribution is 9.10. The van der Waals surface area contributed by atoms with E-state index in [9.17, 15) is 22.4 Å². The molecule has 38 heavy (non-hydrogen) atoms. The third-order valence-electron chi connectivity index (χ3n) is 6.14. The molecule has 2 amide bonds. The predicted molar refractivity (Wildman–Crippen MR) is 149 cm³/mol. The van der Waals surface area contributed by atoms with Gasteiger partial charge in [0, 0.05) is 17.1 Å². The Balaban J connectivity index is 2.01. The summed E-state index contributed by atoms with van der Waals surface area (Å²) in [5.41, 5.74) is 0.887. The van der Waals surface area contributed by atoms with Crippen molar-refractivity contribution in [1.29, 1.82) is 0 Å². The second-order valence-corrected chi connectivity index (χ2v) is 11.7. The first-order chi connectivity index (χ1) is 18.0. The van der Waals surface area contributed by atoms with Gasteiger partial charge in [-0.15, -0.1) is 0 Å². The lowest BCUT2D eigenvalue weighted by Gasteiger charge is -2.32. The quantitative estimate of drug-likeness (QED) is 0.330. The van der Waals surface area contributed by atoms with Gasteiger partial charge in [0.2, 0.25) is 11.8 Å². The number of nitrogens with zero attached hydrogens (tertiary/aromatic N) is 2. The molecule has 0 bridgehead atoms. The van der Waals surface area contributed by atoms with Crippen molar-refractivity contribution in [1.82, 2.24) is 10.2 Å². The minimum atomic E-state index is -4.13. The largest absolute Gasteiger partial charge is 0.352 e. The summed E-state index contributed by atoms with van der Waals surface area (Å²) in [6, 6.07) is 19.1. The summed E-state index contributed by atoms with van der Waals surface area (Å²) >= 11 is 3.37. The van der Waals surface area contributed by atoms with Crippen LogP contribution in [0, 0.1) is 5.82 Å². The van der Waals surface area contributed by atoms with Gasteiger partial charge < -0.3 is 10.2 Å². The Hall–Kier alpha value is -3.24. The minimum absolute atomic E-state index is 0.00802. The fourth-order valence-electron chi connectivity index (χ4n) is 3.71. The molecule has 0 fully saturated rings. The first-order valence-electron chi connectivity index (χ1n) is 12.2. The molecule has 0 saturated heterocycles. The molecule has 0 aliphatic rings. The van der Waals surface area contributed by atoms with Crippen molar-refractivity contribution in [3.63, 3.8) is 0 Å². The fourth-order valence-corrected chi connectivity index (χ4v) is 5.53. The number of hydrogen-bond donors (Lipinski definition) is 1. The molecule has 0 heterocycles. The third-order valence-corrected chi connectivity index (χ3v) is 8.42. The van der Waals surface area contributed by atoms with E-state index < -0.39 is 34.3 Å². The van der Waals surface area contributed by atoms with E-state index in [-0.39, 0.29) is 29.1 Å². The Morgan fingerprint density at radius 1 is 0.974 bits per heavy atom. The maximum atomic E-state index is 13.8. The lowest BCUT2D eigenvalue weighted by Crippen LogP contribution is -2.52. The van der Waals surface area contributed by atoms with Crippen LogP contribution in [0.3, 0.4) is 0 Å². The van der Waals surface area contributed by atoms with Crippen molar-refractivity contribution in [3.8, 4) is 0 Å². The van der Waals surface area contributed by atoms with Gasteiger partial charge in [0.15, 0.2) is 0 Å². The molecule has 0 aromatic heterocycles. The normalized spacial score (nSPS) is 12.9. The molecular formula is C28H31BrFN3O4S. The highest BCUT2D eigenvalue weighted by Gasteiger charge is 2.32. The Morgan fingerprint density at radius 2 is 1.63 bits per heavy atom. The van der Waals surface area contributed by atoms with Gasteiger partial charge in [0.25, 0.3) is 10.0 Å². The van der Waals surface area contributed by atoms with E-state index in [0.717, 1.165) is 4.31 Å². The van der Waals surface area contributed by atoms with Gasteiger partial charge in [-0.05, 0) is 68.3 Å². The molecule has 0 aliphatic carbocycles. The molecule has 0 radical (unpaired) electrons. The Labute approximate surface area is 231 Å². The number of benzene rings is 3. The van der Waals surface area contributed by atoms with Crippen LogP contribution >= 0.6 is 15.9 Å². The van der Waals surface area contributed by atoms with E-state index in [0.29, 0.717) is 16.5 Å². The molecule has 202 valence electrons. The van der Waals surface area contributed by atoms with E-state index in [2.05, 4.69) is 21.2 Å². The van der Waals surface area contributed by atoms with Crippen molar-refractivity contribution < 1.29 is 22.4 Å². The SMILES string of the molecule is CC[C@H](C)NC(=O)[C@H](C)N(Cc1ccc(F)cc1)C(=O)CN(c1cccc(Br)c1)S(=O)(=O)c1ccccc1. The average Bonchev–Trinajstić information content (AvgIpc) is 2.91. The zero-order valence-electron chi connectivity index (χ0n) is 21.5. The van der Waals surface area contributed by atoms with Crippen molar-refractivity contribution in [3.05, 3.63) is 94.7 Å². The summed E-state index contributed by atoms with van der Waals surface area (Å²) in [5.74, 6) is -1.38. The number of halogens is 2. The van der Waals surface area contributed by atoms with Crippen LogP contribution in [0.5, 0.6) is 0 Å². The molecule has 0 unspecified atom stereocenters. The second-order valence-electron chi connectivity index (χ2n) is 8.95. The molecule has 2 atom stereocenters. The highest BCUT2D eigenvalue weighted by atomic mass is 79.9.